The molecule has 0 radical (unpaired) electrons. The standard InChI is InChI=1S/C32H38O4/c1-5-7-9-11-13-29(33)35-27-19-22(4)26-20-28(36-30(34)14-12-10-8-6-2)24-16-15-21(3)23-17-18-25(27)32(26)31(23)24/h15-20H,5-14H2,1-4H3. The van der Waals surface area contributed by atoms with Crippen molar-refractivity contribution < 1.29 is 19.1 Å². The third-order valence-electron chi connectivity index (χ3n) is 7.16. The molecule has 4 rings (SSSR count). The van der Waals surface area contributed by atoms with Gasteiger partial charge in [0.05, 0.1) is 0 Å². The smallest absolute Gasteiger partial charge is 0.311 e. The molecular weight excluding hydrogens is 448 g/mol. The molecule has 190 valence electrons. The van der Waals surface area contributed by atoms with Crippen LogP contribution < -0.4 is 9.47 Å². The predicted octanol–water partition coefficient (Wildman–Crippen LogP) is 8.95. The third kappa shape index (κ3) is 5.48. The Morgan fingerprint density at radius 1 is 0.583 bits per heavy atom. The number of aryl methyl sites for hydroxylation is 2. The highest BCUT2D eigenvalue weighted by atomic mass is 16.5. The van der Waals surface area contributed by atoms with Crippen LogP contribution in [0.4, 0.5) is 0 Å². The zero-order valence-electron chi connectivity index (χ0n) is 22.2. The van der Waals surface area contributed by atoms with Crippen molar-refractivity contribution in [2.45, 2.75) is 91.9 Å². The van der Waals surface area contributed by atoms with E-state index >= 15 is 0 Å². The number of benzene rings is 4. The Morgan fingerprint density at radius 2 is 1.08 bits per heavy atom. The quantitative estimate of drug-likeness (QED) is 0.0868. The van der Waals surface area contributed by atoms with E-state index in [-0.39, 0.29) is 11.9 Å². The number of esters is 2. The van der Waals surface area contributed by atoms with E-state index in [1.165, 1.54) is 0 Å². The van der Waals surface area contributed by atoms with Crippen LogP contribution in [0.3, 0.4) is 0 Å². The summed E-state index contributed by atoms with van der Waals surface area (Å²) in [5.74, 6) is 0.831. The topological polar surface area (TPSA) is 52.6 Å². The molecule has 0 fully saturated rings. The number of rotatable bonds is 12. The van der Waals surface area contributed by atoms with Gasteiger partial charge >= 0.3 is 11.9 Å². The molecule has 0 saturated heterocycles. The van der Waals surface area contributed by atoms with Crippen LogP contribution in [0.2, 0.25) is 0 Å². The van der Waals surface area contributed by atoms with Crippen molar-refractivity contribution in [2.24, 2.45) is 0 Å². The number of carbonyl (C=O) groups excluding carboxylic acids is 2. The first-order valence-corrected chi connectivity index (χ1v) is 13.6. The van der Waals surface area contributed by atoms with E-state index in [1.807, 2.05) is 25.1 Å². The predicted molar refractivity (Wildman–Crippen MR) is 148 cm³/mol. The maximum Gasteiger partial charge on any atom is 0.311 e. The van der Waals surface area contributed by atoms with E-state index < -0.39 is 0 Å². The second-order valence-corrected chi connectivity index (χ2v) is 10.0. The number of unbranched alkanes of at least 4 members (excludes halogenated alkanes) is 6. The molecule has 0 aliphatic carbocycles. The van der Waals surface area contributed by atoms with Crippen molar-refractivity contribution >= 4 is 44.3 Å². The lowest BCUT2D eigenvalue weighted by Gasteiger charge is -2.19. The Bertz CT molecular complexity index is 1360. The fourth-order valence-electron chi connectivity index (χ4n) is 5.14. The zero-order chi connectivity index (χ0) is 25.7. The number of hydrogen-bond donors (Lipinski definition) is 0. The Labute approximate surface area is 214 Å². The minimum atomic E-state index is -0.187. The van der Waals surface area contributed by atoms with Gasteiger partial charge in [0.15, 0.2) is 0 Å². The molecule has 0 aromatic heterocycles. The fourth-order valence-corrected chi connectivity index (χ4v) is 5.14. The Kier molecular flexibility index (Phi) is 8.45. The SMILES string of the molecule is CCCCCCC(=O)Oc1cc2c(C)cc(OC(=O)CCCCCC)c3ccc4c(C)ccc1c4c23. The van der Waals surface area contributed by atoms with Crippen molar-refractivity contribution in [1.82, 2.24) is 0 Å². The van der Waals surface area contributed by atoms with Gasteiger partial charge in [-0.3, -0.25) is 9.59 Å². The van der Waals surface area contributed by atoms with E-state index in [0.717, 1.165) is 94.8 Å². The first kappa shape index (κ1) is 25.9. The molecule has 0 saturated carbocycles. The summed E-state index contributed by atoms with van der Waals surface area (Å²) in [5, 5.41) is 6.08. The van der Waals surface area contributed by atoms with Crippen LogP contribution >= 0.6 is 0 Å². The summed E-state index contributed by atoms with van der Waals surface area (Å²) in [6.07, 6.45) is 9.18. The summed E-state index contributed by atoms with van der Waals surface area (Å²) < 4.78 is 11.8. The summed E-state index contributed by atoms with van der Waals surface area (Å²) in [6.45, 7) is 8.44. The average molecular weight is 487 g/mol. The van der Waals surface area contributed by atoms with Gasteiger partial charge in [0.2, 0.25) is 0 Å². The first-order chi connectivity index (χ1) is 17.4. The second-order valence-electron chi connectivity index (χ2n) is 10.0. The van der Waals surface area contributed by atoms with E-state index in [9.17, 15) is 9.59 Å². The van der Waals surface area contributed by atoms with E-state index in [4.69, 9.17) is 9.47 Å². The van der Waals surface area contributed by atoms with Gasteiger partial charge in [0, 0.05) is 34.4 Å². The van der Waals surface area contributed by atoms with Crippen LogP contribution in [0.25, 0.3) is 32.3 Å². The van der Waals surface area contributed by atoms with Crippen molar-refractivity contribution in [3.8, 4) is 11.5 Å². The lowest BCUT2D eigenvalue weighted by molar-refractivity contribution is -0.135. The highest BCUT2D eigenvalue weighted by Crippen LogP contribution is 2.45. The molecule has 0 spiro atoms. The third-order valence-corrected chi connectivity index (χ3v) is 7.16. The summed E-state index contributed by atoms with van der Waals surface area (Å²) >= 11 is 0. The number of hydrogen-bond acceptors (Lipinski definition) is 4. The van der Waals surface area contributed by atoms with Crippen molar-refractivity contribution in [2.75, 3.05) is 0 Å². The van der Waals surface area contributed by atoms with Crippen LogP contribution in [0.5, 0.6) is 11.5 Å². The van der Waals surface area contributed by atoms with Crippen LogP contribution in [0, 0.1) is 13.8 Å². The number of carbonyl (C=O) groups is 2. The second kappa shape index (κ2) is 11.7. The minimum Gasteiger partial charge on any atom is -0.426 e. The molecule has 4 aromatic carbocycles. The summed E-state index contributed by atoms with van der Waals surface area (Å²) in [5.41, 5.74) is 2.15. The Hall–Kier alpha value is -3.14. The van der Waals surface area contributed by atoms with E-state index in [1.54, 1.807) is 0 Å². The van der Waals surface area contributed by atoms with Gasteiger partial charge < -0.3 is 9.47 Å². The van der Waals surface area contributed by atoms with Crippen molar-refractivity contribution in [3.63, 3.8) is 0 Å². The Balaban J connectivity index is 1.74. The summed E-state index contributed by atoms with van der Waals surface area (Å²) in [4.78, 5) is 25.3. The van der Waals surface area contributed by atoms with Crippen molar-refractivity contribution in [3.05, 3.63) is 47.5 Å². The molecule has 36 heavy (non-hydrogen) atoms. The largest absolute Gasteiger partial charge is 0.426 e. The van der Waals surface area contributed by atoms with Crippen molar-refractivity contribution in [1.29, 1.82) is 0 Å². The molecule has 0 bridgehead atoms. The summed E-state index contributed by atoms with van der Waals surface area (Å²) in [6, 6.07) is 12.2. The fraction of sp³-hybridized carbons (Fsp3) is 0.438. The molecule has 0 amide bonds. The number of ether oxygens (including phenoxy) is 2. The minimum absolute atomic E-state index is 0.186. The Morgan fingerprint density at radius 3 is 1.67 bits per heavy atom. The van der Waals surface area contributed by atoms with Crippen LogP contribution in [0.15, 0.2) is 36.4 Å². The monoisotopic (exact) mass is 486 g/mol. The van der Waals surface area contributed by atoms with Crippen LogP contribution in [-0.2, 0) is 9.59 Å². The molecule has 0 N–H and O–H groups in total. The molecular formula is C32H38O4. The lowest BCUT2D eigenvalue weighted by Crippen LogP contribution is -2.09. The van der Waals surface area contributed by atoms with E-state index in [2.05, 4.69) is 39.0 Å². The molecule has 0 aliphatic rings. The maximum atomic E-state index is 12.7. The van der Waals surface area contributed by atoms with Gasteiger partial charge in [-0.15, -0.1) is 0 Å². The maximum absolute atomic E-state index is 12.7. The van der Waals surface area contributed by atoms with Gasteiger partial charge in [-0.05, 0) is 66.8 Å². The van der Waals surface area contributed by atoms with Gasteiger partial charge in [-0.2, -0.15) is 0 Å². The van der Waals surface area contributed by atoms with Crippen LogP contribution in [0.1, 0.15) is 89.2 Å². The van der Waals surface area contributed by atoms with Gasteiger partial charge in [-0.1, -0.05) is 70.6 Å². The van der Waals surface area contributed by atoms with Gasteiger partial charge in [-0.25, -0.2) is 0 Å². The van der Waals surface area contributed by atoms with Crippen LogP contribution in [-0.4, -0.2) is 11.9 Å². The van der Waals surface area contributed by atoms with E-state index in [0.29, 0.717) is 24.3 Å². The molecule has 4 aromatic rings. The van der Waals surface area contributed by atoms with Gasteiger partial charge in [0.1, 0.15) is 11.5 Å². The molecule has 0 aliphatic heterocycles. The molecule has 4 nitrogen and oxygen atoms in total. The first-order valence-electron chi connectivity index (χ1n) is 13.6. The average Bonchev–Trinajstić information content (AvgIpc) is 2.86. The highest BCUT2D eigenvalue weighted by molar-refractivity contribution is 6.27. The molecule has 4 heteroatoms. The molecule has 0 atom stereocenters. The zero-order valence-corrected chi connectivity index (χ0v) is 22.2. The molecule has 0 unspecified atom stereocenters. The molecule has 0 heterocycles. The highest BCUT2D eigenvalue weighted by Gasteiger charge is 2.20. The summed E-state index contributed by atoms with van der Waals surface area (Å²) in [7, 11) is 0. The normalized spacial score (nSPS) is 11.6. The lowest BCUT2D eigenvalue weighted by atomic mass is 9.89. The van der Waals surface area contributed by atoms with Gasteiger partial charge in [0.25, 0.3) is 0 Å².